The van der Waals surface area contributed by atoms with E-state index in [0.29, 0.717) is 0 Å². The summed E-state index contributed by atoms with van der Waals surface area (Å²) in [5.41, 5.74) is 2.41. The van der Waals surface area contributed by atoms with Crippen LogP contribution in [-0.2, 0) is 11.2 Å². The molecule has 150 valence electrons. The predicted octanol–water partition coefficient (Wildman–Crippen LogP) is 2.86. The van der Waals surface area contributed by atoms with Crippen LogP contribution >= 0.6 is 0 Å². The molecule has 1 aliphatic rings. The topological polar surface area (TPSA) is 53.6 Å². The van der Waals surface area contributed by atoms with Gasteiger partial charge in [-0.05, 0) is 63.2 Å². The predicted molar refractivity (Wildman–Crippen MR) is 114 cm³/mol. The fourth-order valence-corrected chi connectivity index (χ4v) is 3.81. The van der Waals surface area contributed by atoms with Crippen LogP contribution in [0.3, 0.4) is 0 Å². The second kappa shape index (κ2) is 9.82. The molecule has 2 aromatic carbocycles. The van der Waals surface area contributed by atoms with Crippen LogP contribution in [0, 0.1) is 0 Å². The first-order valence-corrected chi connectivity index (χ1v) is 10.1. The maximum absolute atomic E-state index is 13.3. The average molecular weight is 382 g/mol. The van der Waals surface area contributed by atoms with Crippen LogP contribution in [0.4, 0.5) is 5.69 Å². The Morgan fingerprint density at radius 2 is 1.64 bits per heavy atom. The lowest BCUT2D eigenvalue weighted by atomic mass is 9.91. The van der Waals surface area contributed by atoms with Crippen LogP contribution in [0.2, 0.25) is 0 Å². The van der Waals surface area contributed by atoms with Crippen molar-refractivity contribution in [2.24, 2.45) is 0 Å². The second-order valence-corrected chi connectivity index (χ2v) is 7.22. The van der Waals surface area contributed by atoms with E-state index in [-0.39, 0.29) is 5.78 Å². The van der Waals surface area contributed by atoms with Crippen molar-refractivity contribution in [3.8, 4) is 0 Å². The van der Waals surface area contributed by atoms with Gasteiger partial charge in [-0.25, -0.2) is 0 Å². The van der Waals surface area contributed by atoms with Gasteiger partial charge in [0.2, 0.25) is 0 Å². The Hall–Kier alpha value is -2.21. The molecule has 28 heavy (non-hydrogen) atoms. The Morgan fingerprint density at radius 3 is 2.25 bits per heavy atom. The standard InChI is InChI=1S/C23H31N3O2/c1-24-23(25-2,14-6-9-19-7-4-3-5-8-19)22(27)20-10-12-21(13-11-20)26-15-17-28-18-16-26/h3-5,7-8,10-13,24-25H,6,9,14-18H2,1-2H3. The minimum Gasteiger partial charge on any atom is -0.378 e. The van der Waals surface area contributed by atoms with Gasteiger partial charge in [-0.2, -0.15) is 0 Å². The first kappa shape index (κ1) is 20.5. The number of ether oxygens (including phenoxy) is 1. The Kier molecular flexibility index (Phi) is 7.20. The largest absolute Gasteiger partial charge is 0.378 e. The molecule has 0 spiro atoms. The van der Waals surface area contributed by atoms with Crippen LogP contribution in [0.5, 0.6) is 0 Å². The summed E-state index contributed by atoms with van der Waals surface area (Å²) in [4.78, 5) is 15.6. The van der Waals surface area contributed by atoms with E-state index >= 15 is 0 Å². The lowest BCUT2D eigenvalue weighted by molar-refractivity contribution is 0.0809. The van der Waals surface area contributed by atoms with Crippen LogP contribution < -0.4 is 15.5 Å². The Balaban J connectivity index is 1.67. The number of rotatable bonds is 9. The van der Waals surface area contributed by atoms with E-state index in [2.05, 4.69) is 39.8 Å². The molecule has 2 N–H and O–H groups in total. The van der Waals surface area contributed by atoms with Crippen molar-refractivity contribution in [1.82, 2.24) is 10.6 Å². The van der Waals surface area contributed by atoms with E-state index in [1.165, 1.54) is 5.56 Å². The van der Waals surface area contributed by atoms with Gasteiger partial charge in [0.25, 0.3) is 0 Å². The molecule has 5 heteroatoms. The quantitative estimate of drug-likeness (QED) is 0.517. The summed E-state index contributed by atoms with van der Waals surface area (Å²) in [7, 11) is 3.69. The molecular weight excluding hydrogens is 350 g/mol. The molecule has 1 heterocycles. The minimum absolute atomic E-state index is 0.0825. The summed E-state index contributed by atoms with van der Waals surface area (Å²) in [6.07, 6.45) is 2.59. The van der Waals surface area contributed by atoms with Crippen molar-refractivity contribution in [2.75, 3.05) is 45.3 Å². The Morgan fingerprint density at radius 1 is 1.00 bits per heavy atom. The van der Waals surface area contributed by atoms with Gasteiger partial charge < -0.3 is 9.64 Å². The van der Waals surface area contributed by atoms with E-state index in [1.807, 2.05) is 44.4 Å². The molecule has 0 aliphatic carbocycles. The highest BCUT2D eigenvalue weighted by Crippen LogP contribution is 2.22. The van der Waals surface area contributed by atoms with E-state index < -0.39 is 5.66 Å². The summed E-state index contributed by atoms with van der Waals surface area (Å²) < 4.78 is 5.41. The molecule has 0 saturated carbocycles. The van der Waals surface area contributed by atoms with Gasteiger partial charge >= 0.3 is 0 Å². The fourth-order valence-electron chi connectivity index (χ4n) is 3.81. The number of hydrogen-bond donors (Lipinski definition) is 2. The Labute approximate surface area is 168 Å². The third-order valence-corrected chi connectivity index (χ3v) is 5.61. The fraction of sp³-hybridized carbons (Fsp3) is 0.435. The molecule has 1 aliphatic heterocycles. The van der Waals surface area contributed by atoms with E-state index in [4.69, 9.17) is 4.74 Å². The number of likely N-dealkylation sites (N-methyl/N-ethyl adjacent to an activating group) is 2. The highest BCUT2D eigenvalue weighted by Gasteiger charge is 2.35. The molecule has 1 fully saturated rings. The van der Waals surface area contributed by atoms with Gasteiger partial charge in [0, 0.05) is 24.3 Å². The third kappa shape index (κ3) is 4.79. The number of anilines is 1. The molecule has 1 saturated heterocycles. The number of nitrogens with zero attached hydrogens (tertiary/aromatic N) is 1. The van der Waals surface area contributed by atoms with Crippen molar-refractivity contribution >= 4 is 11.5 Å². The van der Waals surface area contributed by atoms with Crippen molar-refractivity contribution < 1.29 is 9.53 Å². The summed E-state index contributed by atoms with van der Waals surface area (Å²) >= 11 is 0. The molecule has 2 aromatic rings. The van der Waals surface area contributed by atoms with Crippen LogP contribution in [0.25, 0.3) is 0 Å². The number of ketones is 1. The third-order valence-electron chi connectivity index (χ3n) is 5.61. The summed E-state index contributed by atoms with van der Waals surface area (Å²) in [6, 6.07) is 18.4. The lowest BCUT2D eigenvalue weighted by Crippen LogP contribution is -2.60. The van der Waals surface area contributed by atoms with Gasteiger partial charge in [-0.1, -0.05) is 30.3 Å². The van der Waals surface area contributed by atoms with E-state index in [9.17, 15) is 4.79 Å². The van der Waals surface area contributed by atoms with Crippen molar-refractivity contribution in [1.29, 1.82) is 0 Å². The zero-order valence-electron chi connectivity index (χ0n) is 16.9. The molecule has 0 unspecified atom stereocenters. The van der Waals surface area contributed by atoms with Crippen molar-refractivity contribution in [2.45, 2.75) is 24.9 Å². The first-order chi connectivity index (χ1) is 13.7. The van der Waals surface area contributed by atoms with Gasteiger partial charge in [0.15, 0.2) is 5.78 Å². The average Bonchev–Trinajstić information content (AvgIpc) is 2.78. The smallest absolute Gasteiger partial charge is 0.197 e. The van der Waals surface area contributed by atoms with Gasteiger partial charge in [0.1, 0.15) is 5.66 Å². The number of nitrogens with one attached hydrogen (secondary N) is 2. The summed E-state index contributed by atoms with van der Waals surface area (Å²) in [5, 5.41) is 6.48. The molecule has 5 nitrogen and oxygen atoms in total. The lowest BCUT2D eigenvalue weighted by Gasteiger charge is -2.32. The monoisotopic (exact) mass is 381 g/mol. The van der Waals surface area contributed by atoms with Gasteiger partial charge in [-0.15, -0.1) is 0 Å². The molecule has 0 bridgehead atoms. The van der Waals surface area contributed by atoms with Crippen molar-refractivity contribution in [3.63, 3.8) is 0 Å². The second-order valence-electron chi connectivity index (χ2n) is 7.22. The Bertz CT molecular complexity index is 736. The van der Waals surface area contributed by atoms with Crippen LogP contribution in [-0.4, -0.2) is 51.8 Å². The molecule has 0 radical (unpaired) electrons. The maximum atomic E-state index is 13.3. The number of carbonyl (C=O) groups is 1. The minimum atomic E-state index is -0.755. The number of aryl methyl sites for hydroxylation is 1. The number of Topliss-reactive ketones (excluding diaryl/α,β-unsaturated/α-hetero) is 1. The van der Waals surface area contributed by atoms with Crippen molar-refractivity contribution in [3.05, 3.63) is 65.7 Å². The van der Waals surface area contributed by atoms with Gasteiger partial charge in [-0.3, -0.25) is 15.4 Å². The molecule has 0 amide bonds. The zero-order chi connectivity index (χ0) is 19.8. The normalized spacial score (nSPS) is 14.9. The number of morpholine rings is 1. The highest BCUT2D eigenvalue weighted by atomic mass is 16.5. The van der Waals surface area contributed by atoms with Crippen LogP contribution in [0.15, 0.2) is 54.6 Å². The van der Waals surface area contributed by atoms with Gasteiger partial charge in [0.05, 0.1) is 13.2 Å². The number of carbonyl (C=O) groups excluding carboxylic acids is 1. The zero-order valence-corrected chi connectivity index (χ0v) is 16.9. The van der Waals surface area contributed by atoms with E-state index in [0.717, 1.165) is 56.8 Å². The molecular formula is C23H31N3O2. The molecule has 3 rings (SSSR count). The SMILES string of the molecule is CNC(CCCc1ccccc1)(NC)C(=O)c1ccc(N2CCOCC2)cc1. The number of benzene rings is 2. The van der Waals surface area contributed by atoms with E-state index in [1.54, 1.807) is 0 Å². The summed E-state index contributed by atoms with van der Waals surface area (Å²) in [5.74, 6) is 0.0825. The number of hydrogen-bond acceptors (Lipinski definition) is 5. The van der Waals surface area contributed by atoms with Crippen LogP contribution in [0.1, 0.15) is 28.8 Å². The molecule has 0 aromatic heterocycles. The summed E-state index contributed by atoms with van der Waals surface area (Å²) in [6.45, 7) is 3.29. The maximum Gasteiger partial charge on any atom is 0.197 e. The molecule has 0 atom stereocenters. The highest BCUT2D eigenvalue weighted by molar-refractivity contribution is 6.03. The first-order valence-electron chi connectivity index (χ1n) is 10.1.